The van der Waals surface area contributed by atoms with Crippen LogP contribution >= 0.6 is 15.9 Å². The Morgan fingerprint density at radius 1 is 0.900 bits per heavy atom. The second kappa shape index (κ2) is 6.86. The van der Waals surface area contributed by atoms with Gasteiger partial charge in [0.1, 0.15) is 5.69 Å². The number of amides is 1. The first-order valence-corrected chi connectivity index (χ1v) is 9.68. The van der Waals surface area contributed by atoms with Crippen molar-refractivity contribution in [3.8, 4) is 0 Å². The number of hydrogen-bond donors (Lipinski definition) is 0. The lowest BCUT2D eigenvalue weighted by molar-refractivity contribution is -0.143. The number of halogens is 7. The van der Waals surface area contributed by atoms with Gasteiger partial charge >= 0.3 is 12.4 Å². The van der Waals surface area contributed by atoms with Crippen LogP contribution in [0.2, 0.25) is 0 Å². The molecule has 0 N–H and O–H groups in total. The monoisotopic (exact) mass is 494 g/mol. The number of carbonyl (C=O) groups is 1. The molecule has 2 unspecified atom stereocenters. The molecule has 1 aromatic heterocycles. The van der Waals surface area contributed by atoms with E-state index in [-0.39, 0.29) is 34.8 Å². The van der Waals surface area contributed by atoms with Gasteiger partial charge < -0.3 is 9.47 Å². The number of benzene rings is 1. The fraction of sp³-hybridized carbons (Fsp3) is 0.368. The Labute approximate surface area is 174 Å². The molecule has 0 saturated carbocycles. The van der Waals surface area contributed by atoms with Crippen LogP contribution in [-0.2, 0) is 18.9 Å². The fourth-order valence-electron chi connectivity index (χ4n) is 4.13. The maximum absolute atomic E-state index is 13.2. The van der Waals surface area contributed by atoms with Crippen LogP contribution in [-0.4, -0.2) is 21.4 Å². The van der Waals surface area contributed by atoms with Gasteiger partial charge in [0.15, 0.2) is 0 Å². The highest BCUT2D eigenvalue weighted by Gasteiger charge is 2.44. The molecule has 11 heteroatoms. The van der Waals surface area contributed by atoms with E-state index in [2.05, 4.69) is 15.9 Å². The summed E-state index contributed by atoms with van der Waals surface area (Å²) in [5.41, 5.74) is -3.42. The number of aromatic nitrogens is 1. The third-order valence-electron chi connectivity index (χ3n) is 5.47. The highest BCUT2D eigenvalue weighted by atomic mass is 79.9. The van der Waals surface area contributed by atoms with Crippen molar-refractivity contribution >= 4 is 21.8 Å². The molecule has 0 radical (unpaired) electrons. The van der Waals surface area contributed by atoms with Gasteiger partial charge in [-0.2, -0.15) is 26.3 Å². The molecule has 160 valence electrons. The van der Waals surface area contributed by atoms with Gasteiger partial charge in [-0.15, -0.1) is 0 Å². The molecule has 30 heavy (non-hydrogen) atoms. The molecule has 2 aliphatic rings. The molecule has 2 atom stereocenters. The van der Waals surface area contributed by atoms with E-state index < -0.39 is 47.0 Å². The predicted molar refractivity (Wildman–Crippen MR) is 96.8 cm³/mol. The van der Waals surface area contributed by atoms with E-state index in [0.29, 0.717) is 18.6 Å². The van der Waals surface area contributed by atoms with Crippen LogP contribution in [0.5, 0.6) is 0 Å². The summed E-state index contributed by atoms with van der Waals surface area (Å²) in [4.78, 5) is 26.6. The molecule has 1 aromatic carbocycles. The molecule has 0 bridgehead atoms. The van der Waals surface area contributed by atoms with Gasteiger partial charge in [0.05, 0.1) is 27.7 Å². The van der Waals surface area contributed by atoms with E-state index in [9.17, 15) is 35.9 Å². The first-order valence-electron chi connectivity index (χ1n) is 8.89. The average Bonchev–Trinajstić information content (AvgIpc) is 3.08. The summed E-state index contributed by atoms with van der Waals surface area (Å²) in [6, 6.07) is 2.76. The minimum atomic E-state index is -4.97. The van der Waals surface area contributed by atoms with Crippen molar-refractivity contribution in [2.75, 3.05) is 0 Å². The Balaban J connectivity index is 1.80. The van der Waals surface area contributed by atoms with E-state index in [4.69, 9.17) is 0 Å². The average molecular weight is 495 g/mol. The molecule has 2 aromatic rings. The van der Waals surface area contributed by atoms with Gasteiger partial charge in [0.2, 0.25) is 0 Å². The predicted octanol–water partition coefficient (Wildman–Crippen LogP) is 5.01. The van der Waals surface area contributed by atoms with E-state index in [1.54, 1.807) is 0 Å². The van der Waals surface area contributed by atoms with Gasteiger partial charge in [-0.05, 0) is 64.7 Å². The van der Waals surface area contributed by atoms with Gasteiger partial charge in [-0.3, -0.25) is 9.59 Å². The fourth-order valence-corrected chi connectivity index (χ4v) is 4.48. The summed E-state index contributed by atoms with van der Waals surface area (Å²) < 4.78 is 80.9. The first-order chi connectivity index (χ1) is 13.9. The number of pyridine rings is 1. The quantitative estimate of drug-likeness (QED) is 0.523. The van der Waals surface area contributed by atoms with Crippen LogP contribution in [0.1, 0.15) is 46.1 Å². The second-order valence-electron chi connectivity index (χ2n) is 7.28. The third-order valence-corrected chi connectivity index (χ3v) is 6.08. The molecule has 1 amide bonds. The molecule has 1 saturated heterocycles. The van der Waals surface area contributed by atoms with E-state index in [1.807, 2.05) is 0 Å². The van der Waals surface area contributed by atoms with Gasteiger partial charge in [0.25, 0.3) is 11.5 Å². The lowest BCUT2D eigenvalue weighted by atomic mass is 9.98. The summed E-state index contributed by atoms with van der Waals surface area (Å²) in [7, 11) is 0. The molecule has 0 spiro atoms. The van der Waals surface area contributed by atoms with Crippen molar-refractivity contribution < 1.29 is 31.1 Å². The highest BCUT2D eigenvalue weighted by Crippen LogP contribution is 2.43. The Morgan fingerprint density at radius 3 is 2.07 bits per heavy atom. The number of hydrogen-bond acceptors (Lipinski definition) is 2. The van der Waals surface area contributed by atoms with Gasteiger partial charge in [-0.25, -0.2) is 0 Å². The van der Waals surface area contributed by atoms with Crippen molar-refractivity contribution in [2.24, 2.45) is 0 Å². The maximum atomic E-state index is 13.2. The first kappa shape index (κ1) is 21.0. The zero-order chi connectivity index (χ0) is 22.0. The molecular formula is C19H13BrF6N2O2. The SMILES string of the molecule is O=C1c2ccc(Br)c(=O)n2CC2CCC(c3cc(C(F)(F)F)cc(C(F)(F)F)c3)N12. The Morgan fingerprint density at radius 2 is 1.50 bits per heavy atom. The van der Waals surface area contributed by atoms with Crippen molar-refractivity contribution in [1.29, 1.82) is 0 Å². The van der Waals surface area contributed by atoms with Crippen LogP contribution in [0.25, 0.3) is 0 Å². The van der Waals surface area contributed by atoms with Crippen molar-refractivity contribution in [3.63, 3.8) is 0 Å². The Hall–Kier alpha value is -2.30. The van der Waals surface area contributed by atoms with Crippen molar-refractivity contribution in [2.45, 2.75) is 43.8 Å². The zero-order valence-corrected chi connectivity index (χ0v) is 16.6. The van der Waals surface area contributed by atoms with Crippen LogP contribution in [0.15, 0.2) is 39.6 Å². The number of fused-ring (bicyclic) bond motifs is 2. The normalized spacial score (nSPS) is 21.6. The smallest absolute Gasteiger partial charge is 0.326 e. The van der Waals surface area contributed by atoms with Crippen molar-refractivity contribution in [3.05, 3.63) is 67.5 Å². The van der Waals surface area contributed by atoms with Crippen LogP contribution in [0.3, 0.4) is 0 Å². The lowest BCUT2D eigenvalue weighted by Crippen LogP contribution is -2.48. The molecule has 1 fully saturated rings. The van der Waals surface area contributed by atoms with E-state index >= 15 is 0 Å². The topological polar surface area (TPSA) is 42.3 Å². The number of alkyl halides is 6. The lowest BCUT2D eigenvalue weighted by Gasteiger charge is -2.36. The summed E-state index contributed by atoms with van der Waals surface area (Å²) in [6.07, 6.45) is -9.39. The summed E-state index contributed by atoms with van der Waals surface area (Å²) >= 11 is 3.10. The molecular weight excluding hydrogens is 482 g/mol. The van der Waals surface area contributed by atoms with Gasteiger partial charge in [0, 0.05) is 6.54 Å². The standard InChI is InChI=1S/C19H13BrF6N2O2/c20-13-2-4-15-17(30)28-12(8-27(15)16(13)29)1-3-14(28)9-5-10(18(21,22)23)7-11(6-9)19(24,25)26/h2,4-7,12,14H,1,3,8H2. The number of rotatable bonds is 1. The molecule has 3 heterocycles. The van der Waals surface area contributed by atoms with E-state index in [1.165, 1.54) is 21.6 Å². The largest absolute Gasteiger partial charge is 0.416 e. The van der Waals surface area contributed by atoms with Crippen molar-refractivity contribution in [1.82, 2.24) is 9.47 Å². The minimum Gasteiger partial charge on any atom is -0.326 e. The Kier molecular flexibility index (Phi) is 4.79. The third kappa shape index (κ3) is 3.42. The molecule has 4 nitrogen and oxygen atoms in total. The van der Waals surface area contributed by atoms with Crippen LogP contribution < -0.4 is 5.56 Å². The molecule has 0 aliphatic carbocycles. The summed E-state index contributed by atoms with van der Waals surface area (Å²) in [5.74, 6) is -0.593. The summed E-state index contributed by atoms with van der Waals surface area (Å²) in [6.45, 7) is 0.126. The van der Waals surface area contributed by atoms with Gasteiger partial charge in [-0.1, -0.05) is 0 Å². The minimum absolute atomic E-state index is 0.0503. The van der Waals surface area contributed by atoms with Crippen LogP contribution in [0.4, 0.5) is 26.3 Å². The van der Waals surface area contributed by atoms with Crippen LogP contribution in [0, 0.1) is 0 Å². The number of carbonyl (C=O) groups excluding carboxylic acids is 1. The highest BCUT2D eigenvalue weighted by molar-refractivity contribution is 9.10. The zero-order valence-electron chi connectivity index (χ0n) is 15.0. The second-order valence-corrected chi connectivity index (χ2v) is 8.14. The number of nitrogens with zero attached hydrogens (tertiary/aromatic N) is 2. The maximum Gasteiger partial charge on any atom is 0.416 e. The van der Waals surface area contributed by atoms with E-state index in [0.717, 1.165) is 0 Å². The Bertz CT molecular complexity index is 1060. The summed E-state index contributed by atoms with van der Waals surface area (Å²) in [5, 5.41) is 0. The molecule has 4 rings (SSSR count). The molecule has 2 aliphatic heterocycles.